The zero-order chi connectivity index (χ0) is 11.3. The SMILES string of the molecule is CNC(=O)CCNc1ccc(N)c(N)n1. The van der Waals surface area contributed by atoms with Crippen LogP contribution >= 0.6 is 0 Å². The normalized spacial score (nSPS) is 9.67. The third-order valence-electron chi connectivity index (χ3n) is 1.89. The molecule has 0 bridgehead atoms. The predicted molar refractivity (Wildman–Crippen MR) is 60.2 cm³/mol. The van der Waals surface area contributed by atoms with Crippen LogP contribution in [0, 0.1) is 0 Å². The molecule has 0 aliphatic heterocycles. The van der Waals surface area contributed by atoms with Gasteiger partial charge in [0.05, 0.1) is 5.69 Å². The molecule has 6 nitrogen and oxygen atoms in total. The number of nitrogens with one attached hydrogen (secondary N) is 2. The Bertz CT molecular complexity index is 352. The molecule has 0 aliphatic rings. The third kappa shape index (κ3) is 3.34. The van der Waals surface area contributed by atoms with E-state index in [-0.39, 0.29) is 5.91 Å². The molecule has 0 fully saturated rings. The second kappa shape index (κ2) is 5.04. The number of rotatable bonds is 4. The molecule has 0 saturated carbocycles. The van der Waals surface area contributed by atoms with E-state index in [0.717, 1.165) is 0 Å². The summed E-state index contributed by atoms with van der Waals surface area (Å²) in [6, 6.07) is 3.39. The molecule has 6 heteroatoms. The number of carbonyl (C=O) groups excluding carboxylic acids is 1. The topological polar surface area (TPSA) is 106 Å². The molecule has 0 saturated heterocycles. The van der Waals surface area contributed by atoms with Crippen molar-refractivity contribution in [1.29, 1.82) is 0 Å². The summed E-state index contributed by atoms with van der Waals surface area (Å²) in [5.74, 6) is 0.886. The van der Waals surface area contributed by atoms with Crippen LogP contribution < -0.4 is 22.1 Å². The highest BCUT2D eigenvalue weighted by Crippen LogP contribution is 2.14. The molecule has 1 rings (SSSR count). The Morgan fingerprint density at radius 1 is 1.47 bits per heavy atom. The molecular weight excluding hydrogens is 194 g/mol. The van der Waals surface area contributed by atoms with Gasteiger partial charge in [-0.2, -0.15) is 0 Å². The molecule has 0 radical (unpaired) electrons. The smallest absolute Gasteiger partial charge is 0.221 e. The Labute approximate surface area is 88.1 Å². The van der Waals surface area contributed by atoms with E-state index in [1.165, 1.54) is 0 Å². The van der Waals surface area contributed by atoms with Gasteiger partial charge in [0.1, 0.15) is 11.6 Å². The van der Waals surface area contributed by atoms with Crippen LogP contribution in [-0.4, -0.2) is 24.5 Å². The molecular formula is C9H15N5O. The first kappa shape index (κ1) is 11.1. The predicted octanol–water partition coefficient (Wildman–Crippen LogP) is -0.206. The number of aromatic nitrogens is 1. The minimum Gasteiger partial charge on any atom is -0.396 e. The van der Waals surface area contributed by atoms with Gasteiger partial charge in [0.2, 0.25) is 5.91 Å². The first-order chi connectivity index (χ1) is 7.13. The van der Waals surface area contributed by atoms with Gasteiger partial charge < -0.3 is 22.1 Å². The summed E-state index contributed by atoms with van der Waals surface area (Å²) >= 11 is 0. The summed E-state index contributed by atoms with van der Waals surface area (Å²) in [4.78, 5) is 14.9. The van der Waals surface area contributed by atoms with Crippen molar-refractivity contribution >= 4 is 23.2 Å². The number of hydrogen-bond donors (Lipinski definition) is 4. The van der Waals surface area contributed by atoms with Crippen molar-refractivity contribution in [2.75, 3.05) is 30.4 Å². The number of carbonyl (C=O) groups is 1. The Morgan fingerprint density at radius 2 is 2.20 bits per heavy atom. The molecule has 0 unspecified atom stereocenters. The molecule has 0 aromatic carbocycles. The molecule has 0 aliphatic carbocycles. The van der Waals surface area contributed by atoms with Gasteiger partial charge in [-0.15, -0.1) is 0 Å². The minimum absolute atomic E-state index is 0.0223. The van der Waals surface area contributed by atoms with Crippen LogP contribution in [0.3, 0.4) is 0 Å². The average molecular weight is 209 g/mol. The van der Waals surface area contributed by atoms with E-state index in [2.05, 4.69) is 15.6 Å². The monoisotopic (exact) mass is 209 g/mol. The van der Waals surface area contributed by atoms with Crippen molar-refractivity contribution in [2.45, 2.75) is 6.42 Å². The fourth-order valence-corrected chi connectivity index (χ4v) is 1.01. The van der Waals surface area contributed by atoms with Crippen LogP contribution in [-0.2, 0) is 4.79 Å². The standard InChI is InChI=1S/C9H15N5O/c1-12-8(15)4-5-13-7-3-2-6(10)9(11)14-7/h2-3H,4-5,10H2,1H3,(H,12,15)(H3,11,13,14). The molecule has 1 aromatic rings. The number of nitrogens with zero attached hydrogens (tertiary/aromatic N) is 1. The number of pyridine rings is 1. The van der Waals surface area contributed by atoms with Gasteiger partial charge in [0, 0.05) is 20.0 Å². The minimum atomic E-state index is -0.0223. The van der Waals surface area contributed by atoms with E-state index in [4.69, 9.17) is 11.5 Å². The Morgan fingerprint density at radius 3 is 2.80 bits per heavy atom. The van der Waals surface area contributed by atoms with Gasteiger partial charge >= 0.3 is 0 Å². The number of nitrogen functional groups attached to an aromatic ring is 2. The van der Waals surface area contributed by atoms with E-state index in [1.54, 1.807) is 19.2 Å². The van der Waals surface area contributed by atoms with Crippen LogP contribution in [0.2, 0.25) is 0 Å². The lowest BCUT2D eigenvalue weighted by molar-refractivity contribution is -0.120. The highest BCUT2D eigenvalue weighted by atomic mass is 16.1. The van der Waals surface area contributed by atoms with E-state index in [1.807, 2.05) is 0 Å². The Hall–Kier alpha value is -1.98. The van der Waals surface area contributed by atoms with Crippen molar-refractivity contribution in [3.05, 3.63) is 12.1 Å². The maximum absolute atomic E-state index is 10.9. The lowest BCUT2D eigenvalue weighted by Gasteiger charge is -2.06. The molecule has 1 aromatic heterocycles. The van der Waals surface area contributed by atoms with E-state index >= 15 is 0 Å². The van der Waals surface area contributed by atoms with Crippen LogP contribution in [0.15, 0.2) is 12.1 Å². The van der Waals surface area contributed by atoms with E-state index in [9.17, 15) is 4.79 Å². The van der Waals surface area contributed by atoms with Crippen LogP contribution in [0.25, 0.3) is 0 Å². The summed E-state index contributed by atoms with van der Waals surface area (Å²) in [6.07, 6.45) is 0.391. The van der Waals surface area contributed by atoms with Gasteiger partial charge in [-0.1, -0.05) is 0 Å². The maximum Gasteiger partial charge on any atom is 0.221 e. The van der Waals surface area contributed by atoms with Crippen molar-refractivity contribution in [1.82, 2.24) is 10.3 Å². The largest absolute Gasteiger partial charge is 0.396 e. The van der Waals surface area contributed by atoms with Gasteiger partial charge in [0.25, 0.3) is 0 Å². The van der Waals surface area contributed by atoms with Gasteiger partial charge in [-0.05, 0) is 12.1 Å². The fraction of sp³-hybridized carbons (Fsp3) is 0.333. The average Bonchev–Trinajstić information content (AvgIpc) is 2.23. The number of nitrogens with two attached hydrogens (primary N) is 2. The second-order valence-electron chi connectivity index (χ2n) is 3.02. The number of hydrogen-bond acceptors (Lipinski definition) is 5. The summed E-state index contributed by atoms with van der Waals surface area (Å²) in [5.41, 5.74) is 11.5. The van der Waals surface area contributed by atoms with Gasteiger partial charge in [-0.25, -0.2) is 4.98 Å². The third-order valence-corrected chi connectivity index (χ3v) is 1.89. The zero-order valence-corrected chi connectivity index (χ0v) is 8.58. The Kier molecular flexibility index (Phi) is 3.73. The molecule has 82 valence electrons. The van der Waals surface area contributed by atoms with E-state index in [0.29, 0.717) is 30.3 Å². The molecule has 1 heterocycles. The highest BCUT2D eigenvalue weighted by Gasteiger charge is 2.00. The maximum atomic E-state index is 10.9. The van der Waals surface area contributed by atoms with Crippen LogP contribution in [0.1, 0.15) is 6.42 Å². The van der Waals surface area contributed by atoms with Crippen molar-refractivity contribution in [3.8, 4) is 0 Å². The summed E-state index contributed by atoms with van der Waals surface area (Å²) in [5, 5.41) is 5.50. The van der Waals surface area contributed by atoms with Crippen LogP contribution in [0.4, 0.5) is 17.3 Å². The summed E-state index contributed by atoms with van der Waals surface area (Å²) in [7, 11) is 1.60. The second-order valence-corrected chi connectivity index (χ2v) is 3.02. The van der Waals surface area contributed by atoms with Crippen molar-refractivity contribution in [3.63, 3.8) is 0 Å². The molecule has 0 atom stereocenters. The van der Waals surface area contributed by atoms with E-state index < -0.39 is 0 Å². The van der Waals surface area contributed by atoms with Crippen LogP contribution in [0.5, 0.6) is 0 Å². The Balaban J connectivity index is 2.44. The van der Waals surface area contributed by atoms with Crippen molar-refractivity contribution < 1.29 is 4.79 Å². The lowest BCUT2D eigenvalue weighted by atomic mass is 10.3. The first-order valence-electron chi connectivity index (χ1n) is 4.60. The lowest BCUT2D eigenvalue weighted by Crippen LogP contribution is -2.21. The molecule has 1 amide bonds. The van der Waals surface area contributed by atoms with Gasteiger partial charge in [0.15, 0.2) is 0 Å². The summed E-state index contributed by atoms with van der Waals surface area (Å²) < 4.78 is 0. The number of anilines is 3. The molecule has 0 spiro atoms. The number of amides is 1. The quantitative estimate of drug-likeness (QED) is 0.549. The molecule has 15 heavy (non-hydrogen) atoms. The highest BCUT2D eigenvalue weighted by molar-refractivity contribution is 5.76. The zero-order valence-electron chi connectivity index (χ0n) is 8.58. The summed E-state index contributed by atoms with van der Waals surface area (Å²) in [6.45, 7) is 0.510. The van der Waals surface area contributed by atoms with Gasteiger partial charge in [-0.3, -0.25) is 4.79 Å². The molecule has 6 N–H and O–H groups in total. The van der Waals surface area contributed by atoms with Crippen molar-refractivity contribution in [2.24, 2.45) is 0 Å². The first-order valence-corrected chi connectivity index (χ1v) is 4.60. The fourth-order valence-electron chi connectivity index (χ4n) is 1.01.